The quantitative estimate of drug-likeness (QED) is 0.0211. The molecule has 2 aromatic carbocycles. The molecular weight excluding hydrogens is 915 g/mol. The van der Waals surface area contributed by atoms with Crippen molar-refractivity contribution in [3.05, 3.63) is 101 Å². The van der Waals surface area contributed by atoms with Crippen LogP contribution in [0.3, 0.4) is 0 Å². The van der Waals surface area contributed by atoms with Gasteiger partial charge in [0.15, 0.2) is 0 Å². The molecule has 0 bridgehead atoms. The third kappa shape index (κ3) is 31.2. The largest absolute Gasteiger partial charge is 2.00 e. The Hall–Kier alpha value is -2.26. The van der Waals surface area contributed by atoms with Crippen molar-refractivity contribution in [2.75, 3.05) is 0 Å². The van der Waals surface area contributed by atoms with E-state index in [-0.39, 0.29) is 20.4 Å². The maximum atomic E-state index is 12.3. The van der Waals surface area contributed by atoms with Crippen LogP contribution < -0.4 is 0 Å². The van der Waals surface area contributed by atoms with Gasteiger partial charge in [0.1, 0.15) is 0 Å². The summed E-state index contributed by atoms with van der Waals surface area (Å²) in [5, 5.41) is 0. The van der Waals surface area contributed by atoms with Crippen molar-refractivity contribution in [2.24, 2.45) is 0 Å². The van der Waals surface area contributed by atoms with Crippen LogP contribution in [0.4, 0.5) is 0 Å². The summed E-state index contributed by atoms with van der Waals surface area (Å²) in [6, 6.07) is 17.8. The average molecular weight is 1020 g/mol. The van der Waals surface area contributed by atoms with E-state index < -0.39 is 0 Å². The van der Waals surface area contributed by atoms with Crippen LogP contribution >= 0.6 is 0 Å². The molecular formula is C65H108N2Pd. The Morgan fingerprint density at radius 1 is 0.412 bits per heavy atom. The maximum Gasteiger partial charge on any atom is 2.00 e. The monoisotopic (exact) mass is 1020 g/mol. The zero-order valence-corrected chi connectivity index (χ0v) is 47.4. The number of unbranched alkanes of at least 4 members (excludes halogenated alkanes) is 28. The van der Waals surface area contributed by atoms with Crippen molar-refractivity contribution in [3.63, 3.8) is 0 Å². The molecule has 0 atom stereocenters. The van der Waals surface area contributed by atoms with E-state index in [1.807, 2.05) is 0 Å². The zero-order chi connectivity index (χ0) is 48.8. The smallest absolute Gasteiger partial charge is 0.493 e. The molecule has 1 heterocycles. The molecule has 1 aliphatic heterocycles. The molecule has 3 heteroatoms. The average Bonchev–Trinajstić information content (AvgIpc) is 3.62. The van der Waals surface area contributed by atoms with Gasteiger partial charge < -0.3 is 19.4 Å². The molecule has 1 aliphatic rings. The van der Waals surface area contributed by atoms with Gasteiger partial charge in [0.25, 0.3) is 0 Å². The molecule has 2 aromatic rings. The first-order chi connectivity index (χ1) is 33.0. The fourth-order valence-electron chi connectivity index (χ4n) is 9.24. The second-order valence-corrected chi connectivity index (χ2v) is 19.7. The number of aryl methyl sites for hydroxylation is 2. The second-order valence-electron chi connectivity index (χ2n) is 19.7. The van der Waals surface area contributed by atoms with Crippen LogP contribution in [-0.2, 0) is 33.3 Å². The summed E-state index contributed by atoms with van der Waals surface area (Å²) in [5.41, 5.74) is 22.0. The summed E-state index contributed by atoms with van der Waals surface area (Å²) in [5.74, 6) is 7.01. The summed E-state index contributed by atoms with van der Waals surface area (Å²) >= 11 is 0. The van der Waals surface area contributed by atoms with Gasteiger partial charge >= 0.3 is 20.4 Å². The standard InChI is InChI=1S/C51H78N2.2C7H15.Pd/c1-5-9-13-15-17-18-19-20-21-22-23-24-25-26-27-28-30-37-45-38-32-33-41-47(45)51-49(40-12-8-4)48(42-31-29-16-14-10-6-2)50(53(51)52)46-39-34-36-44(43-46)35-11-7-3;2*1-3-5-7-6-4-2;/h32-34,36,38-39,41,43H,5-26,29-31,35,37,40,42H2,1-4H3;2*1,3-7H2,2H3;/q;2*-1;+2. The van der Waals surface area contributed by atoms with Crippen LogP contribution in [0.5, 0.6) is 0 Å². The predicted octanol–water partition coefficient (Wildman–Crippen LogP) is 22.1. The minimum absolute atomic E-state index is 0. The summed E-state index contributed by atoms with van der Waals surface area (Å²) in [6.07, 6.45) is 49.3. The molecule has 0 aromatic heterocycles. The van der Waals surface area contributed by atoms with Crippen LogP contribution in [0.25, 0.3) is 16.9 Å². The van der Waals surface area contributed by atoms with Gasteiger partial charge in [-0.2, -0.15) is 12.8 Å². The Morgan fingerprint density at radius 2 is 0.838 bits per heavy atom. The Labute approximate surface area is 439 Å². The molecule has 0 spiro atoms. The van der Waals surface area contributed by atoms with Crippen molar-refractivity contribution >= 4 is 11.4 Å². The summed E-state index contributed by atoms with van der Waals surface area (Å²) < 4.78 is 1.59. The molecule has 68 heavy (non-hydrogen) atoms. The van der Waals surface area contributed by atoms with Crippen molar-refractivity contribution in [3.8, 4) is 11.8 Å². The fourth-order valence-corrected chi connectivity index (χ4v) is 9.24. The molecule has 0 saturated carbocycles. The third-order valence-electron chi connectivity index (χ3n) is 13.5. The van der Waals surface area contributed by atoms with Gasteiger partial charge in [0.2, 0.25) is 11.4 Å². The number of rotatable bonds is 38. The Kier molecular flexibility index (Phi) is 46.8. The number of hydrogen-bond acceptors (Lipinski definition) is 0. The number of hydrogen-bond donors (Lipinski definition) is 0. The van der Waals surface area contributed by atoms with Crippen molar-refractivity contribution in [1.29, 1.82) is 0 Å². The second kappa shape index (κ2) is 48.4. The number of benzene rings is 2. The van der Waals surface area contributed by atoms with E-state index in [9.17, 15) is 5.53 Å². The molecule has 0 unspecified atom stereocenters. The first kappa shape index (κ1) is 65.7. The molecule has 0 aliphatic carbocycles. The SMILES string of the molecule is CCCCCCCCCCCCCCCC#CCCc1ccccc1C1=C(CCCC)C(CCCCCCCC)=C(c2cccc(CCCC)c2)[N+]1=[N-].[CH2-]CCCCCC.[CH2-]CCCCCC.[Pd+2]. The predicted molar refractivity (Wildman–Crippen MR) is 301 cm³/mol. The molecule has 0 N–H and O–H groups in total. The molecule has 0 amide bonds. The molecule has 0 saturated heterocycles. The Bertz CT molecular complexity index is 1590. The molecule has 0 fully saturated rings. The molecule has 2 nitrogen and oxygen atoms in total. The van der Waals surface area contributed by atoms with E-state index in [1.165, 1.54) is 214 Å². The first-order valence-corrected chi connectivity index (χ1v) is 29.2. The van der Waals surface area contributed by atoms with E-state index >= 15 is 0 Å². The van der Waals surface area contributed by atoms with Crippen molar-refractivity contribution in [2.45, 2.75) is 292 Å². The normalized spacial score (nSPS) is 12.0. The molecule has 0 radical (unpaired) electrons. The summed E-state index contributed by atoms with van der Waals surface area (Å²) in [6.45, 7) is 21.1. The van der Waals surface area contributed by atoms with E-state index in [0.29, 0.717) is 0 Å². The molecule has 388 valence electrons. The van der Waals surface area contributed by atoms with Gasteiger partial charge in [-0.1, -0.05) is 245 Å². The van der Waals surface area contributed by atoms with Gasteiger partial charge in [0.05, 0.1) is 0 Å². The maximum absolute atomic E-state index is 12.3. The van der Waals surface area contributed by atoms with Gasteiger partial charge in [-0.25, -0.2) is 4.70 Å². The minimum atomic E-state index is 0. The fraction of sp³-hybridized carbons (Fsp3) is 0.692. The zero-order valence-electron chi connectivity index (χ0n) is 45.8. The van der Waals surface area contributed by atoms with Crippen LogP contribution in [0, 0.1) is 25.7 Å². The van der Waals surface area contributed by atoms with Crippen molar-refractivity contribution in [1.82, 2.24) is 0 Å². The molecule has 3 rings (SSSR count). The minimum Gasteiger partial charge on any atom is -0.493 e. The van der Waals surface area contributed by atoms with E-state index in [0.717, 1.165) is 81.2 Å². The number of allylic oxidation sites excluding steroid dienone is 2. The van der Waals surface area contributed by atoms with Crippen LogP contribution in [0.2, 0.25) is 0 Å². The van der Waals surface area contributed by atoms with Crippen LogP contribution in [0.15, 0.2) is 59.7 Å². The number of nitrogens with zero attached hydrogens (tertiary/aromatic N) is 2. The topological polar surface area (TPSA) is 25.3 Å². The van der Waals surface area contributed by atoms with E-state index in [1.54, 1.807) is 4.70 Å². The Balaban J connectivity index is 0.00000259. The van der Waals surface area contributed by atoms with Crippen molar-refractivity contribution < 1.29 is 25.1 Å². The first-order valence-electron chi connectivity index (χ1n) is 29.2. The van der Waals surface area contributed by atoms with Crippen LogP contribution in [0.1, 0.15) is 301 Å². The van der Waals surface area contributed by atoms with E-state index in [4.69, 9.17) is 0 Å². The van der Waals surface area contributed by atoms with Gasteiger partial charge in [-0.15, -0.1) is 11.8 Å². The van der Waals surface area contributed by atoms with Gasteiger partial charge in [0, 0.05) is 35.1 Å². The Morgan fingerprint density at radius 3 is 1.37 bits per heavy atom. The van der Waals surface area contributed by atoms with Gasteiger partial charge in [-0.3, -0.25) is 0 Å². The summed E-state index contributed by atoms with van der Waals surface area (Å²) in [4.78, 5) is 0. The van der Waals surface area contributed by atoms with Gasteiger partial charge in [-0.05, 0) is 80.7 Å². The van der Waals surface area contributed by atoms with E-state index in [2.05, 4.69) is 116 Å². The van der Waals surface area contributed by atoms with Crippen LogP contribution in [-0.4, -0.2) is 4.70 Å². The summed E-state index contributed by atoms with van der Waals surface area (Å²) in [7, 11) is 0. The third-order valence-corrected chi connectivity index (χ3v) is 13.5.